The van der Waals surface area contributed by atoms with E-state index in [9.17, 15) is 9.59 Å². The van der Waals surface area contributed by atoms with E-state index in [4.69, 9.17) is 5.11 Å². The van der Waals surface area contributed by atoms with Crippen LogP contribution in [-0.2, 0) is 16.0 Å². The average Bonchev–Trinajstić information content (AvgIpc) is 2.41. The van der Waals surface area contributed by atoms with Crippen molar-refractivity contribution in [3.63, 3.8) is 0 Å². The molecule has 0 aliphatic carbocycles. The molecule has 20 heavy (non-hydrogen) atoms. The second-order valence-corrected chi connectivity index (χ2v) is 6.13. The Morgan fingerprint density at radius 1 is 1.35 bits per heavy atom. The maximum absolute atomic E-state index is 12.4. The van der Waals surface area contributed by atoms with Crippen LogP contribution in [0.1, 0.15) is 25.3 Å². The number of carbonyl (C=O) groups is 2. The first kappa shape index (κ1) is 15.0. The number of amides is 1. The number of carboxylic acids is 1. The molecule has 1 aliphatic heterocycles. The molecule has 2 rings (SSSR count). The molecule has 0 spiro atoms. The van der Waals surface area contributed by atoms with Gasteiger partial charge < -0.3 is 10.0 Å². The zero-order valence-electron chi connectivity index (χ0n) is 11.4. The summed E-state index contributed by atoms with van der Waals surface area (Å²) in [5.74, 6) is -1.25. The van der Waals surface area contributed by atoms with E-state index >= 15 is 0 Å². The van der Waals surface area contributed by atoms with Gasteiger partial charge in [0.25, 0.3) is 0 Å². The van der Waals surface area contributed by atoms with Crippen molar-refractivity contribution >= 4 is 27.8 Å². The van der Waals surface area contributed by atoms with Crippen LogP contribution in [0.15, 0.2) is 28.7 Å². The van der Waals surface area contributed by atoms with Crippen molar-refractivity contribution in [2.75, 3.05) is 6.54 Å². The fourth-order valence-corrected chi connectivity index (χ4v) is 2.99. The lowest BCUT2D eigenvalue weighted by atomic mass is 9.93. The molecular formula is C15H18BrNO3. The molecule has 1 aromatic carbocycles. The van der Waals surface area contributed by atoms with E-state index in [1.807, 2.05) is 31.2 Å². The Bertz CT molecular complexity index is 518. The van der Waals surface area contributed by atoms with Gasteiger partial charge in [0.1, 0.15) is 0 Å². The molecular weight excluding hydrogens is 322 g/mol. The summed E-state index contributed by atoms with van der Waals surface area (Å²) in [4.78, 5) is 25.2. The van der Waals surface area contributed by atoms with E-state index in [2.05, 4.69) is 15.9 Å². The third-order valence-corrected chi connectivity index (χ3v) is 4.62. The van der Waals surface area contributed by atoms with Crippen LogP contribution >= 0.6 is 15.9 Å². The highest BCUT2D eigenvalue weighted by Gasteiger charge is 2.32. The van der Waals surface area contributed by atoms with Crippen molar-refractivity contribution in [2.45, 2.75) is 32.2 Å². The molecule has 0 aromatic heterocycles. The smallest absolute Gasteiger partial charge is 0.308 e. The van der Waals surface area contributed by atoms with Crippen LogP contribution in [-0.4, -0.2) is 34.5 Å². The van der Waals surface area contributed by atoms with E-state index in [1.54, 1.807) is 4.90 Å². The van der Waals surface area contributed by atoms with E-state index in [1.165, 1.54) is 0 Å². The number of benzene rings is 1. The Kier molecular flexibility index (Phi) is 4.81. The lowest BCUT2D eigenvalue weighted by Crippen LogP contribution is -2.47. The molecule has 1 heterocycles. The van der Waals surface area contributed by atoms with Crippen molar-refractivity contribution in [3.05, 3.63) is 34.3 Å². The summed E-state index contributed by atoms with van der Waals surface area (Å²) in [6, 6.07) is 7.73. The second kappa shape index (κ2) is 6.39. The number of carboxylic acid groups (broad SMARTS) is 1. The number of hydrogen-bond donors (Lipinski definition) is 1. The Morgan fingerprint density at radius 2 is 2.05 bits per heavy atom. The minimum atomic E-state index is -0.810. The van der Waals surface area contributed by atoms with E-state index in [0.29, 0.717) is 19.4 Å². The summed E-state index contributed by atoms with van der Waals surface area (Å²) < 4.78 is 0.910. The maximum Gasteiger partial charge on any atom is 0.308 e. The van der Waals surface area contributed by atoms with Crippen molar-refractivity contribution in [1.82, 2.24) is 4.90 Å². The topological polar surface area (TPSA) is 57.6 Å². The molecule has 0 bridgehead atoms. The summed E-state index contributed by atoms with van der Waals surface area (Å²) in [6.07, 6.45) is 1.70. The molecule has 1 fully saturated rings. The summed E-state index contributed by atoms with van der Waals surface area (Å²) in [7, 11) is 0. The lowest BCUT2D eigenvalue weighted by Gasteiger charge is -2.36. The highest BCUT2D eigenvalue weighted by atomic mass is 79.9. The number of rotatable bonds is 3. The summed E-state index contributed by atoms with van der Waals surface area (Å²) in [5.41, 5.74) is 0.933. The van der Waals surface area contributed by atoms with Gasteiger partial charge in [-0.25, -0.2) is 0 Å². The minimum Gasteiger partial charge on any atom is -0.481 e. The van der Waals surface area contributed by atoms with Gasteiger partial charge in [-0.3, -0.25) is 9.59 Å². The highest BCUT2D eigenvalue weighted by molar-refractivity contribution is 9.10. The maximum atomic E-state index is 12.4. The largest absolute Gasteiger partial charge is 0.481 e. The Hall–Kier alpha value is -1.36. The van der Waals surface area contributed by atoms with Crippen LogP contribution in [0.25, 0.3) is 0 Å². The number of halogens is 1. The second-order valence-electron chi connectivity index (χ2n) is 5.28. The summed E-state index contributed by atoms with van der Waals surface area (Å²) in [5, 5.41) is 9.11. The van der Waals surface area contributed by atoms with Crippen molar-refractivity contribution in [3.8, 4) is 0 Å². The van der Waals surface area contributed by atoms with Crippen LogP contribution in [0.4, 0.5) is 0 Å². The van der Waals surface area contributed by atoms with Crippen LogP contribution in [0.3, 0.4) is 0 Å². The van der Waals surface area contributed by atoms with Crippen molar-refractivity contribution in [1.29, 1.82) is 0 Å². The third-order valence-electron chi connectivity index (χ3n) is 3.85. The predicted molar refractivity (Wildman–Crippen MR) is 79.4 cm³/mol. The normalized spacial score (nSPS) is 22.6. The van der Waals surface area contributed by atoms with Crippen LogP contribution in [0, 0.1) is 5.92 Å². The van der Waals surface area contributed by atoms with Crippen molar-refractivity contribution < 1.29 is 14.7 Å². The quantitative estimate of drug-likeness (QED) is 0.920. The third kappa shape index (κ3) is 3.39. The van der Waals surface area contributed by atoms with E-state index in [0.717, 1.165) is 16.5 Å². The standard InChI is InChI=1S/C15H18BrNO3/c1-10-6-7-12(15(19)20)9-17(10)14(18)8-11-4-2-3-5-13(11)16/h2-5,10,12H,6-9H2,1H3,(H,19,20). The predicted octanol–water partition coefficient (Wildman–Crippen LogP) is 2.70. The molecule has 4 nitrogen and oxygen atoms in total. The Labute approximate surface area is 126 Å². The molecule has 2 unspecified atom stereocenters. The van der Waals surface area contributed by atoms with Gasteiger partial charge in [0.15, 0.2) is 0 Å². The molecule has 1 saturated heterocycles. The van der Waals surface area contributed by atoms with Gasteiger partial charge in [-0.1, -0.05) is 34.1 Å². The first-order valence-corrected chi connectivity index (χ1v) is 7.54. The lowest BCUT2D eigenvalue weighted by molar-refractivity contribution is -0.147. The van der Waals surface area contributed by atoms with Gasteiger partial charge in [0, 0.05) is 17.1 Å². The Morgan fingerprint density at radius 3 is 2.70 bits per heavy atom. The summed E-state index contributed by atoms with van der Waals surface area (Å²) >= 11 is 3.43. The highest BCUT2D eigenvalue weighted by Crippen LogP contribution is 2.24. The van der Waals surface area contributed by atoms with E-state index in [-0.39, 0.29) is 11.9 Å². The Balaban J connectivity index is 2.07. The molecule has 0 radical (unpaired) electrons. The summed E-state index contributed by atoms with van der Waals surface area (Å²) in [6.45, 7) is 2.30. The van der Waals surface area contributed by atoms with Gasteiger partial charge >= 0.3 is 5.97 Å². The van der Waals surface area contributed by atoms with Gasteiger partial charge in [-0.05, 0) is 31.4 Å². The molecule has 1 aromatic rings. The zero-order valence-corrected chi connectivity index (χ0v) is 13.0. The SMILES string of the molecule is CC1CCC(C(=O)O)CN1C(=O)Cc1ccccc1Br. The molecule has 0 saturated carbocycles. The number of likely N-dealkylation sites (tertiary alicyclic amines) is 1. The number of nitrogens with zero attached hydrogens (tertiary/aromatic N) is 1. The van der Waals surface area contributed by atoms with Crippen molar-refractivity contribution in [2.24, 2.45) is 5.92 Å². The average molecular weight is 340 g/mol. The van der Waals surface area contributed by atoms with Gasteiger partial charge in [0.2, 0.25) is 5.91 Å². The number of hydrogen-bond acceptors (Lipinski definition) is 2. The number of carbonyl (C=O) groups excluding carboxylic acids is 1. The number of piperidine rings is 1. The van der Waals surface area contributed by atoms with Gasteiger partial charge in [0.05, 0.1) is 12.3 Å². The van der Waals surface area contributed by atoms with Crippen LogP contribution < -0.4 is 0 Å². The number of aliphatic carboxylic acids is 1. The molecule has 108 valence electrons. The van der Waals surface area contributed by atoms with E-state index < -0.39 is 11.9 Å². The molecule has 2 atom stereocenters. The van der Waals surface area contributed by atoms with Crippen LogP contribution in [0.5, 0.6) is 0 Å². The molecule has 1 N–H and O–H groups in total. The molecule has 5 heteroatoms. The van der Waals surface area contributed by atoms with Gasteiger partial charge in [-0.15, -0.1) is 0 Å². The minimum absolute atomic E-state index is 0.00431. The fourth-order valence-electron chi connectivity index (χ4n) is 2.56. The first-order valence-electron chi connectivity index (χ1n) is 6.74. The van der Waals surface area contributed by atoms with Crippen LogP contribution in [0.2, 0.25) is 0 Å². The molecule has 1 aliphatic rings. The zero-order chi connectivity index (χ0) is 14.7. The fraction of sp³-hybridized carbons (Fsp3) is 0.467. The monoisotopic (exact) mass is 339 g/mol. The first-order chi connectivity index (χ1) is 9.49. The molecule has 1 amide bonds. The van der Waals surface area contributed by atoms with Gasteiger partial charge in [-0.2, -0.15) is 0 Å².